The Labute approximate surface area is 179 Å². The molecule has 2 aliphatic rings. The lowest BCUT2D eigenvalue weighted by Gasteiger charge is -2.44. The number of aromatic hydroxyl groups is 1. The van der Waals surface area contributed by atoms with Gasteiger partial charge in [-0.25, -0.2) is 0 Å². The molecule has 2 bridgehead atoms. The molecule has 156 valence electrons. The first-order valence-corrected chi connectivity index (χ1v) is 10.3. The van der Waals surface area contributed by atoms with Crippen LogP contribution in [0, 0.1) is 0 Å². The number of nitrogens with zero attached hydrogens (tertiary/aromatic N) is 4. The minimum Gasteiger partial charge on any atom is -0.502 e. The van der Waals surface area contributed by atoms with Crippen LogP contribution < -0.4 is 10.4 Å². The molecular formula is C24H22N4O3. The van der Waals surface area contributed by atoms with E-state index in [9.17, 15) is 14.7 Å². The Morgan fingerprint density at radius 1 is 1.03 bits per heavy atom. The number of allylic oxidation sites excluding steroid dienone is 1. The average molecular weight is 414 g/mol. The van der Waals surface area contributed by atoms with Gasteiger partial charge in [-0.15, -0.1) is 0 Å². The minimum absolute atomic E-state index is 0.0160. The number of carbonyl (C=O) groups is 1. The number of aromatic nitrogens is 2. The van der Waals surface area contributed by atoms with Crippen molar-refractivity contribution < 1.29 is 9.90 Å². The van der Waals surface area contributed by atoms with Gasteiger partial charge < -0.3 is 10.0 Å². The van der Waals surface area contributed by atoms with Crippen LogP contribution in [0.1, 0.15) is 39.6 Å². The van der Waals surface area contributed by atoms with Gasteiger partial charge >= 0.3 is 0 Å². The van der Waals surface area contributed by atoms with Crippen molar-refractivity contribution in [2.75, 3.05) is 18.2 Å². The molecule has 0 spiro atoms. The first-order chi connectivity index (χ1) is 15.1. The molecule has 1 N–H and O–H groups in total. The highest BCUT2D eigenvalue weighted by atomic mass is 16.3. The number of hydrogen-bond acceptors (Lipinski definition) is 5. The van der Waals surface area contributed by atoms with Gasteiger partial charge in [0.1, 0.15) is 6.67 Å². The molecule has 7 nitrogen and oxygen atoms in total. The van der Waals surface area contributed by atoms with E-state index in [1.54, 1.807) is 22.0 Å². The van der Waals surface area contributed by atoms with Gasteiger partial charge in [-0.2, -0.15) is 0 Å². The van der Waals surface area contributed by atoms with Gasteiger partial charge in [0.15, 0.2) is 11.4 Å². The van der Waals surface area contributed by atoms with Crippen molar-refractivity contribution in [3.63, 3.8) is 0 Å². The van der Waals surface area contributed by atoms with Crippen molar-refractivity contribution >= 4 is 5.91 Å². The van der Waals surface area contributed by atoms with Crippen LogP contribution in [0.4, 0.5) is 0 Å². The number of aryl methyl sites for hydroxylation is 1. The Balaban J connectivity index is 1.80. The molecule has 0 aliphatic carbocycles. The molecule has 0 saturated carbocycles. The smallest absolute Gasteiger partial charge is 0.278 e. The van der Waals surface area contributed by atoms with Crippen LogP contribution in [-0.2, 0) is 6.42 Å². The van der Waals surface area contributed by atoms with E-state index >= 15 is 0 Å². The van der Waals surface area contributed by atoms with Crippen molar-refractivity contribution in [3.8, 4) is 5.75 Å². The molecule has 0 saturated heterocycles. The van der Waals surface area contributed by atoms with Gasteiger partial charge in [-0.05, 0) is 35.6 Å². The van der Waals surface area contributed by atoms with Gasteiger partial charge in [-0.3, -0.25) is 24.3 Å². The van der Waals surface area contributed by atoms with E-state index in [-0.39, 0.29) is 17.6 Å². The second-order valence-corrected chi connectivity index (χ2v) is 7.73. The fraction of sp³-hybridized carbons (Fsp3) is 0.208. The Hall–Kier alpha value is -3.87. The SMILES string of the molecule is O=C1c2c(O)c(=O)ccn2N2CN1C/C=C\CCc1ccccc1[C@H]2c1cccnc1. The van der Waals surface area contributed by atoms with Crippen molar-refractivity contribution in [3.05, 3.63) is 106 Å². The average Bonchev–Trinajstić information content (AvgIpc) is 2.82. The summed E-state index contributed by atoms with van der Waals surface area (Å²) in [5, 5.41) is 12.5. The zero-order chi connectivity index (χ0) is 21.4. The molecule has 7 heteroatoms. The van der Waals surface area contributed by atoms with Crippen LogP contribution in [0.2, 0.25) is 0 Å². The Morgan fingerprint density at radius 2 is 1.90 bits per heavy atom. The highest BCUT2D eigenvalue weighted by molar-refractivity contribution is 5.96. The molecule has 2 aliphatic heterocycles. The van der Waals surface area contributed by atoms with Crippen molar-refractivity contribution in [1.29, 1.82) is 0 Å². The van der Waals surface area contributed by atoms with E-state index < -0.39 is 11.2 Å². The summed E-state index contributed by atoms with van der Waals surface area (Å²) < 4.78 is 1.62. The highest BCUT2D eigenvalue weighted by Gasteiger charge is 2.36. The van der Waals surface area contributed by atoms with E-state index in [1.807, 2.05) is 41.5 Å². The van der Waals surface area contributed by atoms with E-state index in [0.717, 1.165) is 24.0 Å². The number of amides is 1. The number of carbonyl (C=O) groups excluding carboxylic acids is 1. The molecule has 1 aromatic carbocycles. The first-order valence-electron chi connectivity index (χ1n) is 10.3. The highest BCUT2D eigenvalue weighted by Crippen LogP contribution is 2.34. The number of hydrogen-bond donors (Lipinski definition) is 1. The van der Waals surface area contributed by atoms with Crippen LogP contribution in [0.15, 0.2) is 78.0 Å². The minimum atomic E-state index is -0.570. The van der Waals surface area contributed by atoms with Crippen LogP contribution in [0.25, 0.3) is 0 Å². The molecule has 5 rings (SSSR count). The predicted octanol–water partition coefficient (Wildman–Crippen LogP) is 2.59. The zero-order valence-corrected chi connectivity index (χ0v) is 16.9. The molecule has 3 aromatic rings. The van der Waals surface area contributed by atoms with Crippen molar-refractivity contribution in [1.82, 2.24) is 14.6 Å². The second-order valence-electron chi connectivity index (χ2n) is 7.73. The Kier molecular flexibility index (Phi) is 4.78. The van der Waals surface area contributed by atoms with E-state index in [4.69, 9.17) is 0 Å². The summed E-state index contributed by atoms with van der Waals surface area (Å²) in [6.07, 6.45) is 10.9. The first kappa shape index (κ1) is 19.1. The number of fused-ring (bicyclic) bond motifs is 5. The molecular weight excluding hydrogens is 392 g/mol. The standard InChI is InChI=1S/C24H22N4O3/c29-20-11-14-27-22(23(20)30)24(31)26-13-5-1-2-7-17-8-3-4-10-19(17)21(28(27)16-26)18-9-6-12-25-15-18/h1,3-6,8-12,14-15,21,30H,2,7,13,16H2/b5-1-/t21-/m1/s1. The molecule has 0 radical (unpaired) electrons. The maximum absolute atomic E-state index is 13.2. The number of rotatable bonds is 1. The zero-order valence-electron chi connectivity index (χ0n) is 16.9. The molecule has 4 heterocycles. The van der Waals surface area contributed by atoms with Gasteiger partial charge in [0.05, 0.1) is 6.04 Å². The van der Waals surface area contributed by atoms with Gasteiger partial charge in [-0.1, -0.05) is 42.5 Å². The summed E-state index contributed by atoms with van der Waals surface area (Å²) in [4.78, 5) is 31.3. The summed E-state index contributed by atoms with van der Waals surface area (Å²) in [5.74, 6) is -0.896. The molecule has 0 unspecified atom stereocenters. The van der Waals surface area contributed by atoms with Crippen LogP contribution >= 0.6 is 0 Å². The van der Waals surface area contributed by atoms with E-state index in [2.05, 4.69) is 23.2 Å². The Morgan fingerprint density at radius 3 is 2.74 bits per heavy atom. The third kappa shape index (κ3) is 3.28. The molecule has 31 heavy (non-hydrogen) atoms. The van der Waals surface area contributed by atoms with Crippen LogP contribution in [0.5, 0.6) is 5.75 Å². The van der Waals surface area contributed by atoms with E-state index in [0.29, 0.717) is 13.2 Å². The monoisotopic (exact) mass is 414 g/mol. The van der Waals surface area contributed by atoms with Gasteiger partial charge in [0.2, 0.25) is 5.43 Å². The summed E-state index contributed by atoms with van der Waals surface area (Å²) in [6.45, 7) is 0.695. The third-order valence-electron chi connectivity index (χ3n) is 5.86. The number of benzene rings is 1. The Bertz CT molecular complexity index is 1220. The summed E-state index contributed by atoms with van der Waals surface area (Å²) in [7, 11) is 0. The quantitative estimate of drug-likeness (QED) is 0.620. The third-order valence-corrected chi connectivity index (χ3v) is 5.86. The maximum Gasteiger partial charge on any atom is 0.278 e. The van der Waals surface area contributed by atoms with Crippen LogP contribution in [-0.4, -0.2) is 38.8 Å². The molecule has 1 atom stereocenters. The molecule has 0 fully saturated rings. The summed E-state index contributed by atoms with van der Waals surface area (Å²) in [5.41, 5.74) is 2.68. The lowest BCUT2D eigenvalue weighted by Crippen LogP contribution is -2.55. The summed E-state index contributed by atoms with van der Waals surface area (Å²) >= 11 is 0. The van der Waals surface area contributed by atoms with E-state index in [1.165, 1.54) is 11.6 Å². The fourth-order valence-corrected chi connectivity index (χ4v) is 4.37. The van der Waals surface area contributed by atoms with Crippen molar-refractivity contribution in [2.45, 2.75) is 18.9 Å². The summed E-state index contributed by atoms with van der Waals surface area (Å²) in [6, 6.07) is 13.2. The predicted molar refractivity (Wildman–Crippen MR) is 116 cm³/mol. The normalized spacial score (nSPS) is 19.2. The van der Waals surface area contributed by atoms with Crippen molar-refractivity contribution in [2.24, 2.45) is 0 Å². The van der Waals surface area contributed by atoms with Gasteiger partial charge in [0.25, 0.3) is 5.91 Å². The number of pyridine rings is 2. The lowest BCUT2D eigenvalue weighted by atomic mass is 9.92. The van der Waals surface area contributed by atoms with Crippen LogP contribution in [0.3, 0.4) is 0 Å². The van der Waals surface area contributed by atoms with Gasteiger partial charge in [0, 0.05) is 31.2 Å². The topological polar surface area (TPSA) is 78.7 Å². The maximum atomic E-state index is 13.2. The molecule has 2 aromatic heterocycles. The second kappa shape index (κ2) is 7.75. The fourth-order valence-electron chi connectivity index (χ4n) is 4.37. The molecule has 1 amide bonds. The largest absolute Gasteiger partial charge is 0.502 e. The lowest BCUT2D eigenvalue weighted by molar-refractivity contribution is 0.0701.